The molecule has 1 unspecified atom stereocenters. The fourth-order valence-corrected chi connectivity index (χ4v) is 5.86. The van der Waals surface area contributed by atoms with Gasteiger partial charge in [-0.15, -0.1) is 4.99 Å². The van der Waals surface area contributed by atoms with Crippen molar-refractivity contribution in [3.63, 3.8) is 0 Å². The van der Waals surface area contributed by atoms with Gasteiger partial charge in [0, 0.05) is 54.8 Å². The van der Waals surface area contributed by atoms with Crippen molar-refractivity contribution in [3.05, 3.63) is 51.3 Å². The molecule has 0 spiro atoms. The number of hydrogen-bond donors (Lipinski definition) is 3. The van der Waals surface area contributed by atoms with Crippen molar-refractivity contribution in [1.29, 1.82) is 0 Å². The fraction of sp³-hybridized carbons (Fsp3) is 0.417. The van der Waals surface area contributed by atoms with E-state index in [4.69, 9.17) is 9.72 Å². The summed E-state index contributed by atoms with van der Waals surface area (Å²) in [4.78, 5) is 31.8. The van der Waals surface area contributed by atoms with E-state index < -0.39 is 16.4 Å². The number of aromatic carboxylic acids is 1. The number of carboxylic acid groups (broad SMARTS) is 1. The van der Waals surface area contributed by atoms with E-state index in [2.05, 4.69) is 30.5 Å². The Hall–Kier alpha value is -3.44. The number of carbonyl (C=O) groups excluding carboxylic acids is 1. The topological polar surface area (TPSA) is 131 Å². The number of ether oxygens (including phenoxy) is 1. The maximum absolute atomic E-state index is 11.7. The molecule has 0 saturated carbocycles. The Morgan fingerprint density at radius 3 is 2.74 bits per heavy atom. The number of thiazole rings is 1. The van der Waals surface area contributed by atoms with Gasteiger partial charge in [-0.05, 0) is 26.8 Å². The van der Waals surface area contributed by atoms with Gasteiger partial charge in [0.05, 0.1) is 12.3 Å². The summed E-state index contributed by atoms with van der Waals surface area (Å²) < 4.78 is 5.75. The predicted octanol–water partition coefficient (Wildman–Crippen LogP) is 1.90. The van der Waals surface area contributed by atoms with E-state index in [9.17, 15) is 9.90 Å². The first-order valence-electron chi connectivity index (χ1n) is 11.8. The Balaban J connectivity index is 1.71. The maximum Gasteiger partial charge on any atom is 0.348 e. The van der Waals surface area contributed by atoms with Crippen LogP contribution in [0.4, 0.5) is 17.6 Å². The number of hydrogen-bond acceptors (Lipinski definition) is 9. The lowest BCUT2D eigenvalue weighted by atomic mass is 10.2. The SMILES string of the molecule is CCOc1ccccc1CNc1cc(N2CCNCC2)nc(N=c2[nH]c(C)c(C(=O)[O-])[s+]2CC)n1. The first-order valence-corrected chi connectivity index (χ1v) is 13.2. The van der Waals surface area contributed by atoms with Gasteiger partial charge in [0.25, 0.3) is 5.95 Å². The van der Waals surface area contributed by atoms with Crippen LogP contribution in [-0.2, 0) is 12.3 Å². The van der Waals surface area contributed by atoms with Crippen LogP contribution in [0.5, 0.6) is 5.75 Å². The molecule has 0 aliphatic carbocycles. The van der Waals surface area contributed by atoms with Crippen LogP contribution in [-0.4, -0.2) is 53.7 Å². The van der Waals surface area contributed by atoms with Crippen molar-refractivity contribution in [3.8, 4) is 5.75 Å². The minimum Gasteiger partial charge on any atom is -0.540 e. The summed E-state index contributed by atoms with van der Waals surface area (Å²) in [5, 5.41) is 18.4. The van der Waals surface area contributed by atoms with Crippen molar-refractivity contribution < 1.29 is 14.6 Å². The summed E-state index contributed by atoms with van der Waals surface area (Å²) in [6, 6.07) is 9.82. The van der Waals surface area contributed by atoms with Crippen LogP contribution < -0.4 is 30.2 Å². The first kappa shape index (κ1) is 24.7. The molecule has 1 aliphatic rings. The number of piperazine rings is 1. The number of carbonyl (C=O) groups is 1. The van der Waals surface area contributed by atoms with E-state index in [0.717, 1.165) is 43.3 Å². The number of nitrogens with one attached hydrogen (secondary N) is 3. The van der Waals surface area contributed by atoms with E-state index in [-0.39, 0.29) is 10.8 Å². The highest BCUT2D eigenvalue weighted by atomic mass is 32.2. The Morgan fingerprint density at radius 1 is 1.26 bits per heavy atom. The van der Waals surface area contributed by atoms with Gasteiger partial charge in [0.1, 0.15) is 29.1 Å². The average molecular weight is 498 g/mol. The standard InChI is InChI=1S/C24H31N7O3S/c1-4-34-18-9-7-6-8-17(18)15-26-19-14-20(31-12-10-25-11-13-31)29-23(28-19)30-24-27-16(3)21(22(32)33)35(24)5-2/h6-9,14,25H,4-5,10-13,15H2,1-3H3,(H2-,26,27,28,29,30,32,33). The number of nitrogens with zero attached hydrogens (tertiary/aromatic N) is 4. The molecule has 11 heteroatoms. The Morgan fingerprint density at radius 2 is 2.03 bits per heavy atom. The highest BCUT2D eigenvalue weighted by Crippen LogP contribution is 2.25. The van der Waals surface area contributed by atoms with Crippen molar-refractivity contribution in [2.75, 3.05) is 43.0 Å². The van der Waals surface area contributed by atoms with Crippen LogP contribution in [0, 0.1) is 6.92 Å². The van der Waals surface area contributed by atoms with Gasteiger partial charge in [0.15, 0.2) is 0 Å². The molecule has 3 heterocycles. The number of rotatable bonds is 9. The number of anilines is 2. The van der Waals surface area contributed by atoms with Gasteiger partial charge in [0.2, 0.25) is 4.88 Å². The second-order valence-corrected chi connectivity index (χ2v) is 10.2. The Kier molecular flexibility index (Phi) is 7.98. The number of para-hydroxylation sites is 1. The van der Waals surface area contributed by atoms with Crippen LogP contribution >= 0.6 is 10.5 Å². The molecule has 1 aliphatic heterocycles. The summed E-state index contributed by atoms with van der Waals surface area (Å²) in [5.74, 6) is 1.96. The number of benzene rings is 1. The normalized spacial score (nSPS) is 14.8. The maximum atomic E-state index is 11.7. The monoisotopic (exact) mass is 497 g/mol. The number of aromatic amines is 1. The van der Waals surface area contributed by atoms with E-state index in [1.54, 1.807) is 6.92 Å². The number of H-pyrrole nitrogens is 1. The third kappa shape index (κ3) is 5.80. The zero-order chi connectivity index (χ0) is 24.8. The Labute approximate surface area is 207 Å². The van der Waals surface area contributed by atoms with Gasteiger partial charge in [-0.25, -0.2) is 0 Å². The van der Waals surface area contributed by atoms with Crippen LogP contribution in [0.2, 0.25) is 0 Å². The lowest BCUT2D eigenvalue weighted by Crippen LogP contribution is -2.43. The van der Waals surface area contributed by atoms with Crippen molar-refractivity contribution >= 4 is 34.0 Å². The average Bonchev–Trinajstić information content (AvgIpc) is 3.18. The molecule has 186 valence electrons. The van der Waals surface area contributed by atoms with Gasteiger partial charge >= 0.3 is 4.80 Å². The van der Waals surface area contributed by atoms with Crippen molar-refractivity contribution in [1.82, 2.24) is 20.3 Å². The molecule has 2 aromatic heterocycles. The van der Waals surface area contributed by atoms with Gasteiger partial charge < -0.3 is 30.2 Å². The quantitative estimate of drug-likeness (QED) is 0.382. The third-order valence-electron chi connectivity index (χ3n) is 5.66. The lowest BCUT2D eigenvalue weighted by molar-refractivity contribution is -0.254. The number of aromatic nitrogens is 3. The third-order valence-corrected chi connectivity index (χ3v) is 7.87. The molecule has 10 nitrogen and oxygen atoms in total. The lowest BCUT2D eigenvalue weighted by Gasteiger charge is -2.28. The molecule has 1 aromatic carbocycles. The zero-order valence-electron chi connectivity index (χ0n) is 20.3. The van der Waals surface area contributed by atoms with E-state index in [1.807, 2.05) is 44.2 Å². The summed E-state index contributed by atoms with van der Waals surface area (Å²) in [7, 11) is -0.711. The molecule has 0 bridgehead atoms. The molecule has 1 saturated heterocycles. The largest absolute Gasteiger partial charge is 0.540 e. The van der Waals surface area contributed by atoms with Crippen molar-refractivity contribution in [2.24, 2.45) is 4.99 Å². The minimum atomic E-state index is -1.17. The van der Waals surface area contributed by atoms with E-state index in [0.29, 0.717) is 35.2 Å². The van der Waals surface area contributed by atoms with Gasteiger partial charge in [-0.1, -0.05) is 18.2 Å². The van der Waals surface area contributed by atoms with Crippen LogP contribution in [0.1, 0.15) is 34.8 Å². The first-order chi connectivity index (χ1) is 17.0. The molecule has 1 fully saturated rings. The summed E-state index contributed by atoms with van der Waals surface area (Å²) >= 11 is 0. The molecular formula is C24H31N7O3S. The minimum absolute atomic E-state index is 0.260. The smallest absolute Gasteiger partial charge is 0.348 e. The van der Waals surface area contributed by atoms with Crippen molar-refractivity contribution in [2.45, 2.75) is 33.1 Å². The fourth-order valence-electron chi connectivity index (χ4n) is 4.02. The molecule has 0 radical (unpaired) electrons. The molecule has 4 rings (SSSR count). The van der Waals surface area contributed by atoms with Crippen LogP contribution in [0.25, 0.3) is 0 Å². The summed E-state index contributed by atoms with van der Waals surface area (Å²) in [6.45, 7) is 10.1. The number of carboxylic acids is 1. The summed E-state index contributed by atoms with van der Waals surface area (Å²) in [6.07, 6.45) is 0. The van der Waals surface area contributed by atoms with Crippen LogP contribution in [0.3, 0.4) is 0 Å². The molecule has 1 atom stereocenters. The molecule has 3 aromatic rings. The number of aryl methyl sites for hydroxylation is 1. The predicted molar refractivity (Wildman–Crippen MR) is 135 cm³/mol. The second-order valence-electron chi connectivity index (χ2n) is 8.01. The molecule has 35 heavy (non-hydrogen) atoms. The zero-order valence-corrected chi connectivity index (χ0v) is 21.1. The molecular weight excluding hydrogens is 466 g/mol. The van der Waals surface area contributed by atoms with E-state index in [1.165, 1.54) is 0 Å². The molecule has 3 N–H and O–H groups in total. The highest BCUT2D eigenvalue weighted by Gasteiger charge is 2.22. The Bertz CT molecular complexity index is 1250. The van der Waals surface area contributed by atoms with Gasteiger partial charge in [-0.2, -0.15) is 9.97 Å². The van der Waals surface area contributed by atoms with Gasteiger partial charge in [-0.3, -0.25) is 4.98 Å². The van der Waals surface area contributed by atoms with Crippen LogP contribution in [0.15, 0.2) is 35.3 Å². The highest BCUT2D eigenvalue weighted by molar-refractivity contribution is 7.30. The second kappa shape index (κ2) is 11.3. The molecule has 0 amide bonds. The van der Waals surface area contributed by atoms with E-state index >= 15 is 0 Å². The summed E-state index contributed by atoms with van der Waals surface area (Å²) in [5.41, 5.74) is 1.58.